The van der Waals surface area contributed by atoms with Crippen LogP contribution >= 0.6 is 0 Å². The van der Waals surface area contributed by atoms with Crippen LogP contribution in [0.25, 0.3) is 0 Å². The minimum Gasteiger partial charge on any atom is -0.341 e. The van der Waals surface area contributed by atoms with Gasteiger partial charge in [-0.05, 0) is 49.8 Å². The molecule has 2 aromatic rings. The zero-order valence-electron chi connectivity index (χ0n) is 17.4. The van der Waals surface area contributed by atoms with E-state index in [0.717, 1.165) is 51.1 Å². The van der Waals surface area contributed by atoms with Crippen LogP contribution in [0.5, 0.6) is 0 Å². The van der Waals surface area contributed by atoms with Gasteiger partial charge in [-0.1, -0.05) is 31.0 Å². The third-order valence-corrected chi connectivity index (χ3v) is 6.38. The van der Waals surface area contributed by atoms with Crippen LogP contribution in [0, 0.1) is 5.92 Å². The van der Waals surface area contributed by atoms with Crippen molar-refractivity contribution in [1.82, 2.24) is 14.9 Å². The van der Waals surface area contributed by atoms with Gasteiger partial charge >= 0.3 is 6.18 Å². The van der Waals surface area contributed by atoms with Crippen molar-refractivity contribution in [2.45, 2.75) is 50.7 Å². The molecule has 166 valence electrons. The quantitative estimate of drug-likeness (QED) is 0.699. The van der Waals surface area contributed by atoms with Crippen LogP contribution in [-0.4, -0.2) is 46.5 Å². The number of halogens is 3. The summed E-state index contributed by atoms with van der Waals surface area (Å²) in [5.74, 6) is 0.537. The SMILES string of the molecule is O=C(c1ccccc1)N1CCCCC[C@@H]1C1CCN(c2nccc(C(F)(F)F)n2)CC1. The van der Waals surface area contributed by atoms with E-state index in [9.17, 15) is 18.0 Å². The summed E-state index contributed by atoms with van der Waals surface area (Å²) in [6.45, 7) is 1.95. The fraction of sp³-hybridized carbons (Fsp3) is 0.522. The first-order chi connectivity index (χ1) is 14.9. The van der Waals surface area contributed by atoms with Gasteiger partial charge in [-0.25, -0.2) is 9.97 Å². The summed E-state index contributed by atoms with van der Waals surface area (Å²) >= 11 is 0. The van der Waals surface area contributed by atoms with Crippen molar-refractivity contribution in [3.63, 3.8) is 0 Å². The fourth-order valence-corrected chi connectivity index (χ4v) is 4.77. The van der Waals surface area contributed by atoms with Gasteiger partial charge in [-0.2, -0.15) is 13.2 Å². The molecular weight excluding hydrogens is 405 g/mol. The molecule has 2 fully saturated rings. The van der Waals surface area contributed by atoms with Crippen LogP contribution in [0.2, 0.25) is 0 Å². The first-order valence-corrected chi connectivity index (χ1v) is 10.9. The molecule has 0 spiro atoms. The molecular formula is C23H27F3N4O. The summed E-state index contributed by atoms with van der Waals surface area (Å²) in [5, 5.41) is 0. The highest BCUT2D eigenvalue weighted by atomic mass is 19.4. The van der Waals surface area contributed by atoms with Gasteiger partial charge < -0.3 is 9.80 Å². The van der Waals surface area contributed by atoms with E-state index in [1.165, 1.54) is 6.20 Å². The number of amides is 1. The molecule has 2 saturated heterocycles. The van der Waals surface area contributed by atoms with Gasteiger partial charge in [0.2, 0.25) is 5.95 Å². The van der Waals surface area contributed by atoms with Crippen molar-refractivity contribution < 1.29 is 18.0 Å². The van der Waals surface area contributed by atoms with E-state index in [-0.39, 0.29) is 17.9 Å². The lowest BCUT2D eigenvalue weighted by Gasteiger charge is -2.40. The normalized spacial score (nSPS) is 21.1. The van der Waals surface area contributed by atoms with Crippen LogP contribution in [0.3, 0.4) is 0 Å². The minimum absolute atomic E-state index is 0.0798. The van der Waals surface area contributed by atoms with Gasteiger partial charge in [-0.3, -0.25) is 4.79 Å². The Labute approximate surface area is 180 Å². The Morgan fingerprint density at radius 3 is 2.39 bits per heavy atom. The maximum Gasteiger partial charge on any atom is 0.433 e. The van der Waals surface area contributed by atoms with E-state index < -0.39 is 11.9 Å². The molecule has 4 rings (SSSR count). The third-order valence-electron chi connectivity index (χ3n) is 6.38. The average Bonchev–Trinajstić information content (AvgIpc) is 3.05. The lowest BCUT2D eigenvalue weighted by molar-refractivity contribution is -0.141. The van der Waals surface area contributed by atoms with Gasteiger partial charge in [0, 0.05) is 37.4 Å². The van der Waals surface area contributed by atoms with Gasteiger partial charge in [-0.15, -0.1) is 0 Å². The number of rotatable bonds is 3. The fourth-order valence-electron chi connectivity index (χ4n) is 4.77. The Kier molecular flexibility index (Phi) is 6.43. The Bertz CT molecular complexity index is 882. The third kappa shape index (κ3) is 4.99. The monoisotopic (exact) mass is 432 g/mol. The second kappa shape index (κ2) is 9.24. The lowest BCUT2D eigenvalue weighted by atomic mass is 9.86. The summed E-state index contributed by atoms with van der Waals surface area (Å²) in [6, 6.07) is 10.5. The largest absolute Gasteiger partial charge is 0.433 e. The molecule has 0 unspecified atom stereocenters. The second-order valence-electron chi connectivity index (χ2n) is 8.35. The maximum absolute atomic E-state index is 13.2. The second-order valence-corrected chi connectivity index (χ2v) is 8.35. The van der Waals surface area contributed by atoms with Crippen LogP contribution < -0.4 is 4.90 Å². The average molecular weight is 432 g/mol. The maximum atomic E-state index is 13.2. The molecule has 1 aromatic heterocycles. The number of aromatic nitrogens is 2. The lowest BCUT2D eigenvalue weighted by Crippen LogP contribution is -2.48. The van der Waals surface area contributed by atoms with Gasteiger partial charge in [0.1, 0.15) is 5.69 Å². The number of hydrogen-bond acceptors (Lipinski definition) is 4. The summed E-state index contributed by atoms with van der Waals surface area (Å²) in [5.41, 5.74) is -0.202. The van der Waals surface area contributed by atoms with Gasteiger partial charge in [0.15, 0.2) is 0 Å². The molecule has 0 aliphatic carbocycles. The molecule has 1 aromatic carbocycles. The summed E-state index contributed by atoms with van der Waals surface area (Å²) in [7, 11) is 0. The van der Waals surface area contributed by atoms with E-state index in [2.05, 4.69) is 9.97 Å². The van der Waals surface area contributed by atoms with Crippen molar-refractivity contribution >= 4 is 11.9 Å². The number of likely N-dealkylation sites (tertiary alicyclic amines) is 1. The molecule has 2 aliphatic rings. The predicted octanol–water partition coefficient (Wildman–Crippen LogP) is 4.80. The van der Waals surface area contributed by atoms with E-state index in [1.807, 2.05) is 40.1 Å². The number of alkyl halides is 3. The molecule has 0 N–H and O–H groups in total. The number of piperidine rings is 1. The van der Waals surface area contributed by atoms with Crippen molar-refractivity contribution in [3.8, 4) is 0 Å². The van der Waals surface area contributed by atoms with Crippen molar-refractivity contribution in [3.05, 3.63) is 53.9 Å². The number of hydrogen-bond donors (Lipinski definition) is 0. The molecule has 31 heavy (non-hydrogen) atoms. The van der Waals surface area contributed by atoms with Crippen LogP contribution in [0.15, 0.2) is 42.6 Å². The smallest absolute Gasteiger partial charge is 0.341 e. The molecule has 2 aliphatic heterocycles. The molecule has 1 amide bonds. The van der Waals surface area contributed by atoms with E-state index in [0.29, 0.717) is 24.6 Å². The van der Waals surface area contributed by atoms with Crippen molar-refractivity contribution in [1.29, 1.82) is 0 Å². The molecule has 0 radical (unpaired) electrons. The Morgan fingerprint density at radius 2 is 1.68 bits per heavy atom. The molecule has 3 heterocycles. The Balaban J connectivity index is 1.46. The van der Waals surface area contributed by atoms with E-state index >= 15 is 0 Å². The van der Waals surface area contributed by atoms with E-state index in [1.54, 1.807) is 0 Å². The standard InChI is InChI=1S/C23H27F3N4O/c24-23(25,26)20-10-13-27-22(28-20)29-15-11-17(12-16-29)19-9-5-2-6-14-30(19)21(31)18-7-3-1-4-8-18/h1,3-4,7-8,10,13,17,19H,2,5-6,9,11-12,14-16H2/t19-/m1/s1. The van der Waals surface area contributed by atoms with E-state index in [4.69, 9.17) is 0 Å². The zero-order chi connectivity index (χ0) is 21.8. The van der Waals surface area contributed by atoms with Crippen molar-refractivity contribution in [2.24, 2.45) is 5.92 Å². The Hall–Kier alpha value is -2.64. The molecule has 0 bridgehead atoms. The summed E-state index contributed by atoms with van der Waals surface area (Å²) in [6.07, 6.45) is 2.50. The highest BCUT2D eigenvalue weighted by Crippen LogP contribution is 2.33. The minimum atomic E-state index is -4.48. The zero-order valence-corrected chi connectivity index (χ0v) is 17.4. The van der Waals surface area contributed by atoms with Gasteiger partial charge in [0.25, 0.3) is 5.91 Å². The number of nitrogens with zero attached hydrogens (tertiary/aromatic N) is 4. The summed E-state index contributed by atoms with van der Waals surface area (Å²) < 4.78 is 39.0. The molecule has 8 heteroatoms. The van der Waals surface area contributed by atoms with Gasteiger partial charge in [0.05, 0.1) is 0 Å². The van der Waals surface area contributed by atoms with Crippen molar-refractivity contribution in [2.75, 3.05) is 24.5 Å². The topological polar surface area (TPSA) is 49.3 Å². The number of anilines is 1. The predicted molar refractivity (Wildman–Crippen MR) is 112 cm³/mol. The highest BCUT2D eigenvalue weighted by molar-refractivity contribution is 5.94. The first-order valence-electron chi connectivity index (χ1n) is 10.9. The molecule has 0 saturated carbocycles. The summed E-state index contributed by atoms with van der Waals surface area (Å²) in [4.78, 5) is 24.9. The highest BCUT2D eigenvalue weighted by Gasteiger charge is 2.36. The molecule has 1 atom stereocenters. The van der Waals surface area contributed by atoms with Crippen LogP contribution in [-0.2, 0) is 6.18 Å². The Morgan fingerprint density at radius 1 is 0.935 bits per heavy atom. The first kappa shape index (κ1) is 21.6. The molecule has 5 nitrogen and oxygen atoms in total. The van der Waals surface area contributed by atoms with Crippen LogP contribution in [0.1, 0.15) is 54.6 Å². The number of benzene rings is 1. The number of carbonyl (C=O) groups is 1. The number of carbonyl (C=O) groups excluding carboxylic acids is 1. The van der Waals surface area contributed by atoms with Crippen LogP contribution in [0.4, 0.5) is 19.1 Å².